The number of piperidine rings is 1. The van der Waals surface area contributed by atoms with Gasteiger partial charge < -0.3 is 20.9 Å². The van der Waals surface area contributed by atoms with Crippen molar-refractivity contribution < 1.29 is 4.79 Å². The van der Waals surface area contributed by atoms with E-state index in [1.165, 1.54) is 0 Å². The molecule has 2 atom stereocenters. The van der Waals surface area contributed by atoms with Crippen LogP contribution in [0.1, 0.15) is 25.7 Å². The van der Waals surface area contributed by atoms with Crippen LogP contribution < -0.4 is 16.0 Å². The number of nitrogens with two attached hydrogens (primary N) is 1. The second-order valence-corrected chi connectivity index (χ2v) is 7.57. The zero-order valence-electron chi connectivity index (χ0n) is 13.4. The summed E-state index contributed by atoms with van der Waals surface area (Å²) < 4.78 is 0.926. The summed E-state index contributed by atoms with van der Waals surface area (Å²) in [6, 6.07) is 0.177. The molecule has 1 aliphatic carbocycles. The van der Waals surface area contributed by atoms with Crippen LogP contribution in [0.25, 0.3) is 11.0 Å². The summed E-state index contributed by atoms with van der Waals surface area (Å²) in [5.74, 6) is 0.496. The average Bonchev–Trinajstić information content (AvgIpc) is 3.27. The lowest BCUT2D eigenvalue weighted by Gasteiger charge is -2.33. The van der Waals surface area contributed by atoms with Gasteiger partial charge in [-0.25, -0.2) is 4.98 Å². The van der Waals surface area contributed by atoms with Crippen molar-refractivity contribution >= 4 is 44.2 Å². The number of H-pyrrole nitrogens is 1. The van der Waals surface area contributed by atoms with Gasteiger partial charge in [-0.1, -0.05) is 0 Å². The van der Waals surface area contributed by atoms with Crippen LogP contribution in [0.3, 0.4) is 0 Å². The third-order valence-electron chi connectivity index (χ3n) is 4.69. The first-order valence-electron chi connectivity index (χ1n) is 8.41. The Morgan fingerprint density at radius 1 is 1.54 bits per heavy atom. The number of fused-ring (bicyclic) bond motifs is 1. The minimum atomic E-state index is 0.0518. The minimum absolute atomic E-state index is 0.0518. The van der Waals surface area contributed by atoms with E-state index in [0.717, 1.165) is 59.2 Å². The van der Waals surface area contributed by atoms with Crippen molar-refractivity contribution in [1.82, 2.24) is 9.97 Å². The van der Waals surface area contributed by atoms with E-state index in [2.05, 4.69) is 42.5 Å². The van der Waals surface area contributed by atoms with Crippen LogP contribution in [0.15, 0.2) is 16.9 Å². The Balaban J connectivity index is 1.69. The predicted octanol–water partition coefficient (Wildman–Crippen LogP) is 2.81. The van der Waals surface area contributed by atoms with Crippen LogP contribution in [0.5, 0.6) is 0 Å². The third kappa shape index (κ3) is 3.15. The van der Waals surface area contributed by atoms with Crippen LogP contribution in [0.4, 0.5) is 11.4 Å². The first kappa shape index (κ1) is 15.9. The average molecular weight is 391 g/mol. The van der Waals surface area contributed by atoms with Crippen LogP contribution in [-0.2, 0) is 4.79 Å². The molecule has 1 saturated carbocycles. The standard InChI is InChI=1S/C17H21BrN5O/c18-12-7-20-17-15(16(12)23-5-1-2-11(19)9-23)13(8-21-17)22-14(24)6-10-3-4-10/h3,7-8,10-11H,1-2,4-6,9,19H2,(H,20,21)(H,22,24)/t10-,11?/m1/s1. The van der Waals surface area contributed by atoms with Gasteiger partial charge in [0.25, 0.3) is 0 Å². The molecule has 0 bridgehead atoms. The largest absolute Gasteiger partial charge is 0.368 e. The molecule has 1 unspecified atom stereocenters. The number of halogens is 1. The van der Waals surface area contributed by atoms with Crippen LogP contribution in [0.2, 0.25) is 0 Å². The Kier molecular flexibility index (Phi) is 4.22. The smallest absolute Gasteiger partial charge is 0.224 e. The summed E-state index contributed by atoms with van der Waals surface area (Å²) in [5.41, 5.74) is 8.79. The third-order valence-corrected chi connectivity index (χ3v) is 5.27. The summed E-state index contributed by atoms with van der Waals surface area (Å²) in [7, 11) is 0. The van der Waals surface area contributed by atoms with Crippen molar-refractivity contribution in [3.05, 3.63) is 23.3 Å². The minimum Gasteiger partial charge on any atom is -0.368 e. The number of nitrogens with zero attached hydrogens (tertiary/aromatic N) is 2. The molecule has 127 valence electrons. The lowest BCUT2D eigenvalue weighted by molar-refractivity contribution is -0.116. The summed E-state index contributed by atoms with van der Waals surface area (Å²) >= 11 is 3.63. The summed E-state index contributed by atoms with van der Waals surface area (Å²) in [4.78, 5) is 22.1. The van der Waals surface area contributed by atoms with E-state index >= 15 is 0 Å². The first-order chi connectivity index (χ1) is 11.6. The lowest BCUT2D eigenvalue weighted by atomic mass is 10.1. The van der Waals surface area contributed by atoms with Crippen molar-refractivity contribution in [2.45, 2.75) is 31.7 Å². The molecule has 0 spiro atoms. The fourth-order valence-corrected chi connectivity index (χ4v) is 3.93. The lowest BCUT2D eigenvalue weighted by Crippen LogP contribution is -2.43. The van der Waals surface area contributed by atoms with Crippen molar-refractivity contribution in [3.63, 3.8) is 0 Å². The number of pyridine rings is 1. The molecule has 4 N–H and O–H groups in total. The number of rotatable bonds is 4. The second-order valence-electron chi connectivity index (χ2n) is 6.71. The molecule has 3 heterocycles. The highest BCUT2D eigenvalue weighted by Crippen LogP contribution is 2.39. The molecule has 2 aromatic heterocycles. The van der Waals surface area contributed by atoms with Gasteiger partial charge in [-0.2, -0.15) is 0 Å². The maximum Gasteiger partial charge on any atom is 0.224 e. The van der Waals surface area contributed by atoms with Crippen molar-refractivity contribution in [2.24, 2.45) is 11.7 Å². The number of carbonyl (C=O) groups is 1. The molecule has 1 saturated heterocycles. The molecule has 1 amide bonds. The van der Waals surface area contributed by atoms with Crippen LogP contribution >= 0.6 is 15.9 Å². The van der Waals surface area contributed by atoms with Gasteiger partial charge in [0.15, 0.2) is 0 Å². The number of aromatic nitrogens is 2. The highest BCUT2D eigenvalue weighted by atomic mass is 79.9. The SMILES string of the molecule is NC1CCCN(c2c(Br)cnc3[nH]cc(NC(=O)C[C@@H]4[CH]C4)c23)C1. The van der Waals surface area contributed by atoms with Gasteiger partial charge in [-0.05, 0) is 47.5 Å². The van der Waals surface area contributed by atoms with E-state index < -0.39 is 0 Å². The number of anilines is 2. The molecular weight excluding hydrogens is 370 g/mol. The zero-order valence-corrected chi connectivity index (χ0v) is 15.0. The number of hydrogen-bond donors (Lipinski definition) is 3. The molecule has 1 radical (unpaired) electrons. The number of nitrogens with one attached hydrogen (secondary N) is 2. The number of hydrogen-bond acceptors (Lipinski definition) is 4. The van der Waals surface area contributed by atoms with Crippen molar-refractivity contribution in [1.29, 1.82) is 0 Å². The summed E-state index contributed by atoms with van der Waals surface area (Å²) in [6.45, 7) is 1.77. The second kappa shape index (κ2) is 6.37. The van der Waals surface area contributed by atoms with E-state index in [1.807, 2.05) is 6.20 Å². The molecule has 2 fully saturated rings. The molecule has 4 rings (SSSR count). The zero-order chi connectivity index (χ0) is 16.7. The molecule has 7 heteroatoms. The fraction of sp³-hybridized carbons (Fsp3) is 0.471. The molecule has 2 aliphatic rings. The quantitative estimate of drug-likeness (QED) is 0.748. The highest BCUT2D eigenvalue weighted by molar-refractivity contribution is 9.10. The predicted molar refractivity (Wildman–Crippen MR) is 98.9 cm³/mol. The topological polar surface area (TPSA) is 87.0 Å². The van der Waals surface area contributed by atoms with Gasteiger partial charge in [0.05, 0.1) is 21.2 Å². The van der Waals surface area contributed by atoms with Gasteiger partial charge in [-0.15, -0.1) is 0 Å². The Hall–Kier alpha value is -1.60. The first-order valence-corrected chi connectivity index (χ1v) is 9.20. The van der Waals surface area contributed by atoms with E-state index in [1.54, 1.807) is 6.20 Å². The maximum atomic E-state index is 12.2. The Bertz CT molecular complexity index is 770. The monoisotopic (exact) mass is 390 g/mol. The Morgan fingerprint density at radius 3 is 3.12 bits per heavy atom. The molecule has 24 heavy (non-hydrogen) atoms. The molecule has 2 aromatic rings. The van der Waals surface area contributed by atoms with Gasteiger partial charge in [0, 0.05) is 37.9 Å². The normalized spacial score (nSPS) is 21.2. The van der Waals surface area contributed by atoms with Gasteiger partial charge in [0.2, 0.25) is 5.91 Å². The molecule has 1 aliphatic heterocycles. The molecular formula is C17H21BrN5O. The number of carbonyl (C=O) groups excluding carboxylic acids is 1. The van der Waals surface area contributed by atoms with Gasteiger partial charge in [0.1, 0.15) is 5.65 Å². The summed E-state index contributed by atoms with van der Waals surface area (Å²) in [6.07, 6.45) is 9.51. The number of amides is 1. The van der Waals surface area contributed by atoms with E-state index in [9.17, 15) is 4.79 Å². The maximum absolute atomic E-state index is 12.2. The van der Waals surface area contributed by atoms with Gasteiger partial charge in [-0.3, -0.25) is 4.79 Å². The molecule has 0 aromatic carbocycles. The fourth-order valence-electron chi connectivity index (χ4n) is 3.38. The highest BCUT2D eigenvalue weighted by Gasteiger charge is 2.27. The van der Waals surface area contributed by atoms with Gasteiger partial charge >= 0.3 is 0 Å². The summed E-state index contributed by atoms with van der Waals surface area (Å²) in [5, 5.41) is 4.00. The van der Waals surface area contributed by atoms with E-state index in [4.69, 9.17) is 5.73 Å². The van der Waals surface area contributed by atoms with Crippen molar-refractivity contribution in [3.8, 4) is 0 Å². The van der Waals surface area contributed by atoms with Crippen LogP contribution in [0, 0.1) is 12.3 Å². The van der Waals surface area contributed by atoms with E-state index in [0.29, 0.717) is 12.3 Å². The Morgan fingerprint density at radius 2 is 2.38 bits per heavy atom. The van der Waals surface area contributed by atoms with Crippen molar-refractivity contribution in [2.75, 3.05) is 23.3 Å². The van der Waals surface area contributed by atoms with E-state index in [-0.39, 0.29) is 11.9 Å². The Labute approximate surface area is 149 Å². The molecule has 6 nitrogen and oxygen atoms in total. The number of aromatic amines is 1. The van der Waals surface area contributed by atoms with Crippen LogP contribution in [-0.4, -0.2) is 35.0 Å².